The number of benzene rings is 1. The lowest BCUT2D eigenvalue weighted by atomic mass is 10.0. The number of hydrogen-bond donors (Lipinski definition) is 1. The fourth-order valence-corrected chi connectivity index (χ4v) is 1.85. The number of nitrogens with zero attached hydrogens (tertiary/aromatic N) is 4. The Morgan fingerprint density at radius 3 is 2.83 bits per heavy atom. The first-order chi connectivity index (χ1) is 8.61. The van der Waals surface area contributed by atoms with Gasteiger partial charge < -0.3 is 5.73 Å². The van der Waals surface area contributed by atoms with Crippen LogP contribution in [-0.4, -0.2) is 20.8 Å². The average molecular weight is 245 g/mol. The Labute approximate surface area is 104 Å². The van der Waals surface area contributed by atoms with Crippen LogP contribution in [0.25, 0.3) is 0 Å². The van der Waals surface area contributed by atoms with Crippen LogP contribution in [0.5, 0.6) is 0 Å². The Morgan fingerprint density at radius 2 is 2.28 bits per heavy atom. The highest BCUT2D eigenvalue weighted by Crippen LogP contribution is 2.20. The van der Waals surface area contributed by atoms with Gasteiger partial charge in [-0.25, -0.2) is 14.1 Å². The van der Waals surface area contributed by atoms with E-state index in [1.165, 1.54) is 23.1 Å². The molecular formula is C12H12FN5. The van der Waals surface area contributed by atoms with Crippen molar-refractivity contribution in [2.75, 3.05) is 0 Å². The summed E-state index contributed by atoms with van der Waals surface area (Å²) >= 11 is 0. The molecule has 0 radical (unpaired) electrons. The molecule has 5 nitrogen and oxygen atoms in total. The molecule has 2 aromatic rings. The van der Waals surface area contributed by atoms with Crippen molar-refractivity contribution in [3.05, 3.63) is 47.8 Å². The van der Waals surface area contributed by atoms with E-state index in [0.717, 1.165) is 0 Å². The number of aromatic nitrogens is 3. The van der Waals surface area contributed by atoms with Crippen molar-refractivity contribution in [3.63, 3.8) is 0 Å². The van der Waals surface area contributed by atoms with Crippen LogP contribution < -0.4 is 5.73 Å². The summed E-state index contributed by atoms with van der Waals surface area (Å²) in [5, 5.41) is 12.7. The second-order valence-corrected chi connectivity index (χ2v) is 4.02. The zero-order chi connectivity index (χ0) is 13.1. The summed E-state index contributed by atoms with van der Waals surface area (Å²) in [5.74, 6) is -0.268. The van der Waals surface area contributed by atoms with E-state index in [9.17, 15) is 4.39 Å². The maximum Gasteiger partial charge on any atom is 0.252 e. The number of nitrogens with two attached hydrogens (primary N) is 1. The molecule has 0 saturated carbocycles. The Kier molecular flexibility index (Phi) is 3.35. The van der Waals surface area contributed by atoms with Gasteiger partial charge in [-0.2, -0.15) is 5.26 Å². The van der Waals surface area contributed by atoms with Crippen molar-refractivity contribution in [1.29, 1.82) is 5.26 Å². The standard InChI is InChI=1S/C12H12FN5/c1-8(15)12(9-3-2-4-10(13)5-9)18-7-16-11(6-14)17-18/h2-5,7-8,12H,15H2,1H3. The third kappa shape index (κ3) is 2.36. The maximum absolute atomic E-state index is 13.2. The lowest BCUT2D eigenvalue weighted by molar-refractivity contribution is 0.450. The molecule has 0 aliphatic carbocycles. The molecule has 2 N–H and O–H groups in total. The first-order valence-corrected chi connectivity index (χ1v) is 5.44. The minimum atomic E-state index is -0.352. The Hall–Kier alpha value is -2.26. The Balaban J connectivity index is 2.43. The van der Waals surface area contributed by atoms with Gasteiger partial charge in [0.15, 0.2) is 0 Å². The van der Waals surface area contributed by atoms with E-state index >= 15 is 0 Å². The Bertz CT molecular complexity index is 584. The molecule has 6 heteroatoms. The summed E-state index contributed by atoms with van der Waals surface area (Å²) in [7, 11) is 0. The molecule has 2 rings (SSSR count). The van der Waals surface area contributed by atoms with E-state index in [2.05, 4.69) is 10.1 Å². The molecule has 18 heavy (non-hydrogen) atoms. The minimum Gasteiger partial charge on any atom is -0.326 e. The average Bonchev–Trinajstić information content (AvgIpc) is 2.77. The molecule has 0 aliphatic rings. The molecule has 1 heterocycles. The summed E-state index contributed by atoms with van der Waals surface area (Å²) in [6, 6.07) is 7.35. The van der Waals surface area contributed by atoms with Gasteiger partial charge in [0.25, 0.3) is 5.82 Å². The number of nitriles is 1. The molecule has 2 atom stereocenters. The van der Waals surface area contributed by atoms with Crippen LogP contribution in [0.2, 0.25) is 0 Å². The lowest BCUT2D eigenvalue weighted by Crippen LogP contribution is -2.30. The van der Waals surface area contributed by atoms with Crippen molar-refractivity contribution in [2.45, 2.75) is 19.0 Å². The third-order valence-corrected chi connectivity index (χ3v) is 2.58. The van der Waals surface area contributed by atoms with Gasteiger partial charge in [-0.05, 0) is 24.6 Å². The lowest BCUT2D eigenvalue weighted by Gasteiger charge is -2.21. The fourth-order valence-electron chi connectivity index (χ4n) is 1.85. The van der Waals surface area contributed by atoms with E-state index in [4.69, 9.17) is 11.0 Å². The topological polar surface area (TPSA) is 80.5 Å². The fraction of sp³-hybridized carbons (Fsp3) is 0.250. The monoisotopic (exact) mass is 245 g/mol. The third-order valence-electron chi connectivity index (χ3n) is 2.58. The molecule has 1 aromatic carbocycles. The van der Waals surface area contributed by atoms with Crippen molar-refractivity contribution >= 4 is 0 Å². The van der Waals surface area contributed by atoms with Gasteiger partial charge >= 0.3 is 0 Å². The molecule has 1 aromatic heterocycles. The van der Waals surface area contributed by atoms with Gasteiger partial charge in [0, 0.05) is 6.04 Å². The van der Waals surface area contributed by atoms with Gasteiger partial charge in [-0.3, -0.25) is 0 Å². The van der Waals surface area contributed by atoms with Gasteiger partial charge in [0.05, 0.1) is 6.04 Å². The van der Waals surface area contributed by atoms with Gasteiger partial charge in [0.1, 0.15) is 18.2 Å². The van der Waals surface area contributed by atoms with Gasteiger partial charge in [0.2, 0.25) is 0 Å². The number of rotatable bonds is 3. The molecule has 0 amide bonds. The van der Waals surface area contributed by atoms with Crippen LogP contribution in [0.3, 0.4) is 0 Å². The second-order valence-electron chi connectivity index (χ2n) is 4.02. The van der Waals surface area contributed by atoms with Crippen molar-refractivity contribution < 1.29 is 4.39 Å². The SMILES string of the molecule is CC(N)C(c1cccc(F)c1)n1cnc(C#N)n1. The summed E-state index contributed by atoms with van der Waals surface area (Å²) in [4.78, 5) is 3.83. The van der Waals surface area contributed by atoms with Gasteiger partial charge in [-0.1, -0.05) is 12.1 Å². The summed E-state index contributed by atoms with van der Waals surface area (Å²) in [6.07, 6.45) is 1.43. The van der Waals surface area contributed by atoms with Crippen molar-refractivity contribution in [3.8, 4) is 6.07 Å². The Morgan fingerprint density at radius 1 is 1.50 bits per heavy atom. The van der Waals surface area contributed by atoms with Crippen LogP contribution >= 0.6 is 0 Å². The van der Waals surface area contributed by atoms with E-state index in [-0.39, 0.29) is 23.7 Å². The van der Waals surface area contributed by atoms with Crippen molar-refractivity contribution in [1.82, 2.24) is 14.8 Å². The van der Waals surface area contributed by atoms with Crippen LogP contribution in [0.4, 0.5) is 4.39 Å². The molecule has 0 saturated heterocycles. The second kappa shape index (κ2) is 4.94. The predicted molar refractivity (Wildman–Crippen MR) is 62.9 cm³/mol. The molecule has 0 bridgehead atoms. The number of hydrogen-bond acceptors (Lipinski definition) is 4. The largest absolute Gasteiger partial charge is 0.326 e. The zero-order valence-electron chi connectivity index (χ0n) is 9.79. The molecule has 0 spiro atoms. The van der Waals surface area contributed by atoms with Crippen LogP contribution in [0.15, 0.2) is 30.6 Å². The van der Waals surface area contributed by atoms with Crippen LogP contribution in [0, 0.1) is 17.1 Å². The van der Waals surface area contributed by atoms with E-state index in [0.29, 0.717) is 5.56 Å². The smallest absolute Gasteiger partial charge is 0.252 e. The first-order valence-electron chi connectivity index (χ1n) is 5.44. The number of halogens is 1. The van der Waals surface area contributed by atoms with E-state index in [1.54, 1.807) is 19.1 Å². The minimum absolute atomic E-state index is 0.0667. The highest BCUT2D eigenvalue weighted by molar-refractivity contribution is 5.22. The van der Waals surface area contributed by atoms with Crippen LogP contribution in [-0.2, 0) is 0 Å². The van der Waals surface area contributed by atoms with Crippen molar-refractivity contribution in [2.24, 2.45) is 5.73 Å². The van der Waals surface area contributed by atoms with E-state index in [1.807, 2.05) is 6.07 Å². The molecule has 0 aliphatic heterocycles. The quantitative estimate of drug-likeness (QED) is 0.881. The highest BCUT2D eigenvalue weighted by Gasteiger charge is 2.20. The summed E-state index contributed by atoms with van der Waals surface area (Å²) in [6.45, 7) is 1.79. The molecule has 0 fully saturated rings. The summed E-state index contributed by atoms with van der Waals surface area (Å²) in [5.41, 5.74) is 6.60. The first kappa shape index (κ1) is 12.2. The zero-order valence-corrected chi connectivity index (χ0v) is 9.79. The maximum atomic E-state index is 13.2. The normalized spacial score (nSPS) is 13.9. The van der Waals surface area contributed by atoms with Crippen LogP contribution in [0.1, 0.15) is 24.4 Å². The molecular weight excluding hydrogens is 233 g/mol. The summed E-state index contributed by atoms with van der Waals surface area (Å²) < 4.78 is 14.7. The predicted octanol–water partition coefficient (Wildman–Crippen LogP) is 1.23. The highest BCUT2D eigenvalue weighted by atomic mass is 19.1. The van der Waals surface area contributed by atoms with E-state index < -0.39 is 0 Å². The molecule has 2 unspecified atom stereocenters. The molecule has 92 valence electrons. The van der Waals surface area contributed by atoms with Gasteiger partial charge in [-0.15, -0.1) is 5.10 Å².